The molecule has 1 aromatic carbocycles. The predicted octanol–water partition coefficient (Wildman–Crippen LogP) is 3.63. The van der Waals surface area contributed by atoms with Gasteiger partial charge in [-0.3, -0.25) is 14.7 Å². The van der Waals surface area contributed by atoms with Crippen molar-refractivity contribution >= 4 is 5.91 Å². The molecule has 7 nitrogen and oxygen atoms in total. The number of aliphatic hydroxyl groups excluding tert-OH is 1. The lowest BCUT2D eigenvalue weighted by Crippen LogP contribution is -2.49. The molecule has 1 N–H and O–H groups in total. The number of benzene rings is 1. The van der Waals surface area contributed by atoms with E-state index in [0.717, 1.165) is 12.1 Å². The van der Waals surface area contributed by atoms with Gasteiger partial charge in [-0.15, -0.1) is 0 Å². The molecule has 3 heterocycles. The van der Waals surface area contributed by atoms with E-state index in [-0.39, 0.29) is 42.3 Å². The summed E-state index contributed by atoms with van der Waals surface area (Å²) in [6.45, 7) is 5.48. The molecule has 0 fully saturated rings. The van der Waals surface area contributed by atoms with Crippen LogP contribution in [-0.2, 0) is 6.54 Å². The Kier molecular flexibility index (Phi) is 7.73. The number of carbonyl (C=O) groups excluding carboxylic acids is 1. The van der Waals surface area contributed by atoms with E-state index < -0.39 is 0 Å². The van der Waals surface area contributed by atoms with E-state index in [4.69, 9.17) is 4.74 Å². The molecule has 3 aromatic rings. The van der Waals surface area contributed by atoms with Gasteiger partial charge >= 0.3 is 0 Å². The minimum atomic E-state index is -0.371. The second kappa shape index (κ2) is 10.9. The number of halogens is 1. The Morgan fingerprint density at radius 1 is 1.23 bits per heavy atom. The average molecular weight is 479 g/mol. The zero-order chi connectivity index (χ0) is 24.9. The van der Waals surface area contributed by atoms with Gasteiger partial charge in [-0.05, 0) is 55.4 Å². The average Bonchev–Trinajstić information content (AvgIpc) is 2.86. The van der Waals surface area contributed by atoms with Crippen LogP contribution in [0.2, 0.25) is 0 Å². The predicted molar refractivity (Wildman–Crippen MR) is 131 cm³/mol. The molecule has 0 aliphatic carbocycles. The number of amides is 1. The molecule has 0 unspecified atom stereocenters. The van der Waals surface area contributed by atoms with Gasteiger partial charge in [0, 0.05) is 49.7 Å². The number of aliphatic hydroxyl groups is 1. The van der Waals surface area contributed by atoms with Crippen molar-refractivity contribution in [3.8, 4) is 17.0 Å². The third kappa shape index (κ3) is 5.83. The number of carbonyl (C=O) groups is 1. The summed E-state index contributed by atoms with van der Waals surface area (Å²) in [6.07, 6.45) is 4.90. The van der Waals surface area contributed by atoms with Gasteiger partial charge < -0.3 is 14.7 Å². The van der Waals surface area contributed by atoms with Crippen LogP contribution in [-0.4, -0.2) is 69.7 Å². The normalized spacial score (nSPS) is 19.0. The first-order valence-corrected chi connectivity index (χ1v) is 11.8. The van der Waals surface area contributed by atoms with E-state index in [1.807, 2.05) is 33.0 Å². The maximum atomic E-state index is 13.8. The van der Waals surface area contributed by atoms with Crippen LogP contribution < -0.4 is 4.74 Å². The lowest BCUT2D eigenvalue weighted by Gasteiger charge is -2.37. The molecule has 1 aliphatic heterocycles. The van der Waals surface area contributed by atoms with Gasteiger partial charge in [0.05, 0.1) is 12.6 Å². The topological polar surface area (TPSA) is 78.8 Å². The molecule has 0 radical (unpaired) electrons. The van der Waals surface area contributed by atoms with Crippen molar-refractivity contribution in [2.75, 3.05) is 26.7 Å². The van der Waals surface area contributed by atoms with Gasteiger partial charge in [-0.25, -0.2) is 9.37 Å². The van der Waals surface area contributed by atoms with E-state index in [2.05, 4.69) is 14.9 Å². The molecule has 0 saturated heterocycles. The van der Waals surface area contributed by atoms with E-state index in [9.17, 15) is 14.3 Å². The van der Waals surface area contributed by atoms with Crippen molar-refractivity contribution in [3.63, 3.8) is 0 Å². The van der Waals surface area contributed by atoms with Crippen LogP contribution in [0.5, 0.6) is 5.88 Å². The second-order valence-corrected chi connectivity index (χ2v) is 9.26. The fourth-order valence-corrected chi connectivity index (χ4v) is 4.32. The van der Waals surface area contributed by atoms with Crippen molar-refractivity contribution in [1.82, 2.24) is 19.8 Å². The molecular weight excluding hydrogens is 447 g/mol. The lowest BCUT2D eigenvalue weighted by atomic mass is 9.99. The van der Waals surface area contributed by atoms with Crippen LogP contribution in [0.4, 0.5) is 4.39 Å². The van der Waals surface area contributed by atoms with Crippen LogP contribution in [0.1, 0.15) is 29.8 Å². The highest BCUT2D eigenvalue weighted by atomic mass is 19.1. The van der Waals surface area contributed by atoms with E-state index in [1.54, 1.807) is 41.7 Å². The molecule has 184 valence electrons. The second-order valence-electron chi connectivity index (χ2n) is 9.26. The number of nitrogens with zero attached hydrogens (tertiary/aromatic N) is 4. The molecule has 3 atom stereocenters. The number of hydrogen-bond donors (Lipinski definition) is 1. The summed E-state index contributed by atoms with van der Waals surface area (Å²) in [5, 5.41) is 9.84. The number of hydrogen-bond acceptors (Lipinski definition) is 6. The van der Waals surface area contributed by atoms with Crippen molar-refractivity contribution in [2.24, 2.45) is 5.92 Å². The minimum absolute atomic E-state index is 0.00862. The molecule has 0 bridgehead atoms. The van der Waals surface area contributed by atoms with E-state index >= 15 is 0 Å². The number of ether oxygens (including phenoxy) is 1. The fourth-order valence-electron chi connectivity index (χ4n) is 4.32. The van der Waals surface area contributed by atoms with Crippen molar-refractivity contribution in [3.05, 3.63) is 78.0 Å². The van der Waals surface area contributed by atoms with Gasteiger partial charge in [0.1, 0.15) is 17.5 Å². The Balaban J connectivity index is 1.66. The van der Waals surface area contributed by atoms with Crippen LogP contribution in [0.3, 0.4) is 0 Å². The summed E-state index contributed by atoms with van der Waals surface area (Å²) in [6, 6.07) is 11.5. The van der Waals surface area contributed by atoms with Crippen molar-refractivity contribution in [1.29, 1.82) is 0 Å². The van der Waals surface area contributed by atoms with E-state index in [0.29, 0.717) is 29.8 Å². The van der Waals surface area contributed by atoms with Gasteiger partial charge in [0.15, 0.2) is 0 Å². The Morgan fingerprint density at radius 3 is 2.71 bits per heavy atom. The summed E-state index contributed by atoms with van der Waals surface area (Å²) >= 11 is 0. The maximum Gasteiger partial charge on any atom is 0.259 e. The Labute approximate surface area is 205 Å². The summed E-state index contributed by atoms with van der Waals surface area (Å²) in [7, 11) is 2.02. The smallest absolute Gasteiger partial charge is 0.259 e. The minimum Gasteiger partial charge on any atom is -0.472 e. The monoisotopic (exact) mass is 478 g/mol. The molecule has 0 saturated carbocycles. The Bertz CT molecular complexity index is 1160. The van der Waals surface area contributed by atoms with Crippen LogP contribution in [0.25, 0.3) is 11.1 Å². The number of aromatic nitrogens is 2. The molecule has 8 heteroatoms. The first-order chi connectivity index (χ1) is 16.9. The summed E-state index contributed by atoms with van der Waals surface area (Å²) in [5.74, 6) is -0.383. The van der Waals surface area contributed by atoms with Crippen LogP contribution >= 0.6 is 0 Å². The third-order valence-corrected chi connectivity index (χ3v) is 6.37. The lowest BCUT2D eigenvalue weighted by molar-refractivity contribution is 0.0325. The van der Waals surface area contributed by atoms with Gasteiger partial charge in [-0.2, -0.15) is 0 Å². The summed E-state index contributed by atoms with van der Waals surface area (Å²) in [4.78, 5) is 26.0. The molecular formula is C27H31FN4O3. The quantitative estimate of drug-likeness (QED) is 0.559. The molecule has 1 aliphatic rings. The molecule has 4 rings (SSSR count). The first-order valence-electron chi connectivity index (χ1n) is 11.8. The highest BCUT2D eigenvalue weighted by Gasteiger charge is 2.34. The van der Waals surface area contributed by atoms with Gasteiger partial charge in [0.25, 0.3) is 5.91 Å². The fraction of sp³-hybridized carbons (Fsp3) is 0.370. The SMILES string of the molecule is C[C@H]1CN([C@@H](C)CO)C(=O)c2cc(-c3cccc(F)c3)cnc2O[C@@H]1CN(C)Cc1ccncc1. The standard InChI is InChI=1S/C27H31FN4O3/c1-18-14-32(19(2)17-33)27(34)24-12-22(21-5-4-6-23(28)11-21)13-30-26(24)35-25(18)16-31(3)15-20-7-9-29-10-8-20/h4-13,18-19,25,33H,14-17H2,1-3H3/t18-,19-,25+/m0/s1. The van der Waals surface area contributed by atoms with Gasteiger partial charge in [-0.1, -0.05) is 19.1 Å². The highest BCUT2D eigenvalue weighted by molar-refractivity contribution is 5.98. The zero-order valence-corrected chi connectivity index (χ0v) is 20.3. The van der Waals surface area contributed by atoms with Gasteiger partial charge in [0.2, 0.25) is 5.88 Å². The third-order valence-electron chi connectivity index (χ3n) is 6.37. The molecule has 0 spiro atoms. The largest absolute Gasteiger partial charge is 0.472 e. The number of rotatable bonds is 7. The molecule has 35 heavy (non-hydrogen) atoms. The first kappa shape index (κ1) is 24.8. The van der Waals surface area contributed by atoms with Crippen molar-refractivity contribution in [2.45, 2.75) is 32.5 Å². The Hall–Kier alpha value is -3.36. The summed E-state index contributed by atoms with van der Waals surface area (Å²) in [5.41, 5.74) is 2.70. The number of pyridine rings is 2. The number of likely N-dealkylation sites (N-methyl/N-ethyl adjacent to an activating group) is 1. The molecule has 2 aromatic heterocycles. The van der Waals surface area contributed by atoms with Crippen LogP contribution in [0, 0.1) is 11.7 Å². The molecule has 1 amide bonds. The maximum absolute atomic E-state index is 13.8. The number of fused-ring (bicyclic) bond motifs is 1. The van der Waals surface area contributed by atoms with Crippen molar-refractivity contribution < 1.29 is 19.0 Å². The zero-order valence-electron chi connectivity index (χ0n) is 20.3. The highest BCUT2D eigenvalue weighted by Crippen LogP contribution is 2.30. The Morgan fingerprint density at radius 2 is 2.00 bits per heavy atom. The van der Waals surface area contributed by atoms with E-state index in [1.165, 1.54) is 12.1 Å². The summed E-state index contributed by atoms with van der Waals surface area (Å²) < 4.78 is 20.2. The van der Waals surface area contributed by atoms with Crippen LogP contribution in [0.15, 0.2) is 61.1 Å².